The molecule has 370 valence electrons. The molecule has 5 aromatic heterocycles. The first-order chi connectivity index (χ1) is 39.1. The predicted octanol–water partition coefficient (Wildman–Crippen LogP) is 19.0. The molecule has 0 spiro atoms. The second-order valence-electron chi connectivity index (χ2n) is 19.9. The fraction of sp³-hybridized carbons (Fsp3) is 0. The van der Waals surface area contributed by atoms with Crippen LogP contribution in [0.15, 0.2) is 297 Å². The van der Waals surface area contributed by atoms with E-state index in [-0.39, 0.29) is 0 Å². The lowest BCUT2D eigenvalue weighted by molar-refractivity contribution is 1.08. The van der Waals surface area contributed by atoms with Gasteiger partial charge in [-0.15, -0.1) is 0 Å². The second-order valence-corrected chi connectivity index (χ2v) is 19.9. The summed E-state index contributed by atoms with van der Waals surface area (Å²) in [5.74, 6) is 0.856. The summed E-state index contributed by atoms with van der Waals surface area (Å²) >= 11 is 0. The molecule has 0 atom stereocenters. The third-order valence-corrected chi connectivity index (χ3v) is 14.9. The molecule has 0 aliphatic heterocycles. The molecule has 0 saturated carbocycles. The Hall–Kier alpha value is -10.6. The first kappa shape index (κ1) is 46.9. The number of hydrogen-bond acceptors (Lipinski definition) is 4. The molecule has 5 heterocycles. The van der Waals surface area contributed by atoms with Crippen LogP contribution < -0.4 is 0 Å². The van der Waals surface area contributed by atoms with Crippen molar-refractivity contribution in [3.63, 3.8) is 0 Å². The third kappa shape index (κ3) is 9.36. The topological polar surface area (TPSA) is 56.5 Å². The molecule has 0 aliphatic rings. The van der Waals surface area contributed by atoms with Gasteiger partial charge in [0.15, 0.2) is 0 Å². The Morgan fingerprint density at radius 2 is 0.481 bits per heavy atom. The number of fused-ring (bicyclic) bond motifs is 3. The molecule has 0 radical (unpaired) electrons. The van der Waals surface area contributed by atoms with Gasteiger partial charge in [-0.05, 0) is 117 Å². The smallest absolute Gasteiger partial charge is 0.138 e. The fourth-order valence-corrected chi connectivity index (χ4v) is 10.8. The fourth-order valence-electron chi connectivity index (χ4n) is 10.8. The van der Waals surface area contributed by atoms with Gasteiger partial charge in [0, 0.05) is 50.4 Å². The maximum absolute atomic E-state index is 5.56. The first-order valence-corrected chi connectivity index (χ1v) is 26.7. The van der Waals surface area contributed by atoms with Crippen LogP contribution in [0.1, 0.15) is 0 Å². The van der Waals surface area contributed by atoms with Crippen LogP contribution in [0.3, 0.4) is 0 Å². The van der Waals surface area contributed by atoms with Gasteiger partial charge in [-0.25, -0.2) is 19.9 Å². The average molecular weight is 1010 g/mol. The summed E-state index contributed by atoms with van der Waals surface area (Å²) in [4.78, 5) is 21.1. The molecule has 0 N–H and O–H groups in total. The second kappa shape index (κ2) is 20.5. The van der Waals surface area contributed by atoms with Gasteiger partial charge < -0.3 is 0 Å². The summed E-state index contributed by atoms with van der Waals surface area (Å²) in [7, 11) is 0. The summed E-state index contributed by atoms with van der Waals surface area (Å²) in [5, 5.41) is 2.36. The minimum atomic E-state index is 0.837. The quantitative estimate of drug-likeness (QED) is 0.130. The molecule has 0 unspecified atom stereocenters. The zero-order valence-corrected chi connectivity index (χ0v) is 43.0. The maximum atomic E-state index is 5.56. The number of aromatic nitrogens is 5. The van der Waals surface area contributed by atoms with Gasteiger partial charge in [-0.3, -0.25) is 4.57 Å². The van der Waals surface area contributed by atoms with Crippen molar-refractivity contribution in [3.8, 4) is 118 Å². The van der Waals surface area contributed by atoms with Crippen molar-refractivity contribution in [1.29, 1.82) is 0 Å². The van der Waals surface area contributed by atoms with Crippen molar-refractivity contribution >= 4 is 21.8 Å². The zero-order valence-electron chi connectivity index (χ0n) is 43.0. The van der Waals surface area contributed by atoms with E-state index >= 15 is 0 Å². The highest BCUT2D eigenvalue weighted by molar-refractivity contribution is 6.11. The molecule has 0 fully saturated rings. The van der Waals surface area contributed by atoms with Crippen LogP contribution >= 0.6 is 0 Å². The highest BCUT2D eigenvalue weighted by atomic mass is 15.1. The van der Waals surface area contributed by atoms with Crippen molar-refractivity contribution in [1.82, 2.24) is 24.5 Å². The molecule has 79 heavy (non-hydrogen) atoms. The van der Waals surface area contributed by atoms with Crippen molar-refractivity contribution in [2.45, 2.75) is 0 Å². The normalized spacial score (nSPS) is 11.3. The van der Waals surface area contributed by atoms with Crippen LogP contribution in [0.25, 0.3) is 140 Å². The van der Waals surface area contributed by atoms with E-state index in [0.717, 1.165) is 107 Å². The van der Waals surface area contributed by atoms with E-state index in [0.29, 0.717) is 0 Å². The van der Waals surface area contributed by atoms with Crippen LogP contribution in [0.5, 0.6) is 0 Å². The number of hydrogen-bond donors (Lipinski definition) is 0. The van der Waals surface area contributed by atoms with Gasteiger partial charge in [0.05, 0.1) is 45.2 Å². The highest BCUT2D eigenvalue weighted by Gasteiger charge is 2.19. The van der Waals surface area contributed by atoms with Crippen LogP contribution in [0.2, 0.25) is 0 Å². The lowest BCUT2D eigenvalue weighted by atomic mass is 9.96. The number of rotatable bonds is 11. The molecule has 5 nitrogen and oxygen atoms in total. The Kier molecular flexibility index (Phi) is 12.2. The molecule has 5 heteroatoms. The monoisotopic (exact) mass is 1010 g/mol. The van der Waals surface area contributed by atoms with Crippen LogP contribution in [-0.2, 0) is 0 Å². The molecule has 0 amide bonds. The van der Waals surface area contributed by atoms with Gasteiger partial charge in [0.2, 0.25) is 0 Å². The molecule has 9 aromatic carbocycles. The van der Waals surface area contributed by atoms with Gasteiger partial charge in [0.25, 0.3) is 0 Å². The number of nitrogens with zero attached hydrogens (tertiary/aromatic N) is 5. The summed E-state index contributed by atoms with van der Waals surface area (Å²) in [6, 6.07) is 103. The Labute approximate surface area is 459 Å². The summed E-state index contributed by atoms with van der Waals surface area (Å²) < 4.78 is 2.31. The van der Waals surface area contributed by atoms with Crippen molar-refractivity contribution < 1.29 is 0 Å². The van der Waals surface area contributed by atoms with E-state index in [9.17, 15) is 0 Å². The third-order valence-electron chi connectivity index (χ3n) is 14.9. The van der Waals surface area contributed by atoms with E-state index < -0.39 is 0 Å². The Bertz CT molecular complexity index is 4130. The molecule has 14 aromatic rings. The Morgan fingerprint density at radius 3 is 0.848 bits per heavy atom. The van der Waals surface area contributed by atoms with Gasteiger partial charge in [-0.2, -0.15) is 0 Å². The lowest BCUT2D eigenvalue weighted by Crippen LogP contribution is -1.98. The zero-order chi connectivity index (χ0) is 52.5. The standard InChI is InChI=1S/C74H49N5/c1-7-19-50(20-8-1)58-35-37-72-64(41-58)65-42-59(51-21-9-2-10-22-51)36-38-73(65)79(72)74-49-60(39-40-75-74)52-31-33-53(34-32-52)61-43-70(62-45-66(54-23-11-3-12-24-54)76-67(46-62)55-25-13-4-14-26-55)78-71(44-61)63-47-68(56-27-15-5-16-28-56)77-69(48-63)57-29-17-6-18-30-57/h1-49H. The number of pyridine rings is 4. The van der Waals surface area contributed by atoms with E-state index in [1.807, 2.05) is 30.5 Å². The molecular weight excluding hydrogens is 959 g/mol. The Morgan fingerprint density at radius 1 is 0.203 bits per heavy atom. The molecule has 0 aliphatic carbocycles. The van der Waals surface area contributed by atoms with E-state index in [4.69, 9.17) is 19.9 Å². The maximum Gasteiger partial charge on any atom is 0.138 e. The van der Waals surface area contributed by atoms with Crippen LogP contribution in [0.4, 0.5) is 0 Å². The average Bonchev–Trinajstić information content (AvgIpc) is 4.14. The Balaban J connectivity index is 0.898. The van der Waals surface area contributed by atoms with Crippen LogP contribution in [0, 0.1) is 0 Å². The van der Waals surface area contributed by atoms with Gasteiger partial charge >= 0.3 is 0 Å². The number of benzene rings is 9. The predicted molar refractivity (Wildman–Crippen MR) is 326 cm³/mol. The summed E-state index contributed by atoms with van der Waals surface area (Å²) in [5.41, 5.74) is 22.5. The van der Waals surface area contributed by atoms with Crippen molar-refractivity contribution in [2.24, 2.45) is 0 Å². The largest absolute Gasteiger partial charge is 0.294 e. The van der Waals surface area contributed by atoms with Crippen molar-refractivity contribution in [2.75, 3.05) is 0 Å². The summed E-state index contributed by atoms with van der Waals surface area (Å²) in [6.45, 7) is 0. The lowest BCUT2D eigenvalue weighted by Gasteiger charge is -2.15. The van der Waals surface area contributed by atoms with E-state index in [1.54, 1.807) is 0 Å². The SMILES string of the molecule is c1ccc(-c2ccc3c(c2)c2cc(-c4ccccc4)ccc2n3-c2cc(-c3ccc(-c4cc(-c5cc(-c6ccccc6)nc(-c6ccccc6)c5)nc(-c5cc(-c6ccccc6)nc(-c6ccccc6)c5)c4)cc3)ccn2)cc1. The first-order valence-electron chi connectivity index (χ1n) is 26.7. The highest BCUT2D eigenvalue weighted by Crippen LogP contribution is 2.40. The van der Waals surface area contributed by atoms with E-state index in [2.05, 4.69) is 271 Å². The minimum Gasteiger partial charge on any atom is -0.294 e. The van der Waals surface area contributed by atoms with E-state index in [1.165, 1.54) is 33.0 Å². The van der Waals surface area contributed by atoms with Crippen LogP contribution in [-0.4, -0.2) is 24.5 Å². The molecular formula is C74H49N5. The van der Waals surface area contributed by atoms with Gasteiger partial charge in [-0.1, -0.05) is 218 Å². The van der Waals surface area contributed by atoms with Gasteiger partial charge in [0.1, 0.15) is 5.82 Å². The minimum absolute atomic E-state index is 0.837. The molecule has 0 saturated heterocycles. The molecule has 14 rings (SSSR count). The van der Waals surface area contributed by atoms with Crippen molar-refractivity contribution in [3.05, 3.63) is 297 Å². The molecule has 0 bridgehead atoms. The summed E-state index contributed by atoms with van der Waals surface area (Å²) in [6.07, 6.45) is 1.93.